The molecule has 2 N–H and O–H groups in total. The van der Waals surface area contributed by atoms with Gasteiger partial charge in [-0.15, -0.1) is 0 Å². The molecule has 1 aromatic rings. The number of anilines is 2. The summed E-state index contributed by atoms with van der Waals surface area (Å²) in [6.07, 6.45) is 1.21. The van der Waals surface area contributed by atoms with Gasteiger partial charge in [0.15, 0.2) is 0 Å². The summed E-state index contributed by atoms with van der Waals surface area (Å²) in [6, 6.07) is 8.72. The minimum atomic E-state index is 0.183. The lowest BCUT2D eigenvalue weighted by Crippen LogP contribution is -2.58. The molecule has 0 spiro atoms. The molecule has 2 heterocycles. The molecule has 1 unspecified atom stereocenters. The maximum absolute atomic E-state index is 6.12. The van der Waals surface area contributed by atoms with Gasteiger partial charge >= 0.3 is 0 Å². The van der Waals surface area contributed by atoms with Crippen LogP contribution in [0.2, 0.25) is 0 Å². The molecule has 1 saturated heterocycles. The highest BCUT2D eigenvalue weighted by molar-refractivity contribution is 7.99. The summed E-state index contributed by atoms with van der Waals surface area (Å²) in [5.74, 6) is 2.41. The fourth-order valence-electron chi connectivity index (χ4n) is 3.08. The Labute approximate surface area is 113 Å². The van der Waals surface area contributed by atoms with E-state index in [2.05, 4.69) is 41.1 Å². The van der Waals surface area contributed by atoms with Gasteiger partial charge in [-0.1, -0.05) is 12.1 Å². The number of thioether (sulfide) groups is 1. The van der Waals surface area contributed by atoms with Crippen molar-refractivity contribution in [3.05, 3.63) is 24.3 Å². The van der Waals surface area contributed by atoms with Gasteiger partial charge in [0.05, 0.1) is 16.9 Å². The van der Waals surface area contributed by atoms with Crippen LogP contribution < -0.4 is 15.5 Å². The monoisotopic (exact) mass is 263 g/mol. The predicted octanol–water partition coefficient (Wildman–Crippen LogP) is 1.78. The number of nitrogens with two attached hydrogens (primary N) is 1. The van der Waals surface area contributed by atoms with Crippen molar-refractivity contribution in [3.8, 4) is 0 Å². The number of fused-ring (bicyclic) bond motifs is 1. The van der Waals surface area contributed by atoms with Crippen molar-refractivity contribution >= 4 is 23.1 Å². The minimum Gasteiger partial charge on any atom is -0.371 e. The summed E-state index contributed by atoms with van der Waals surface area (Å²) < 4.78 is 0. The van der Waals surface area contributed by atoms with E-state index in [0.717, 1.165) is 19.6 Å². The Hall–Kier alpha value is -0.870. The molecule has 3 nitrogen and oxygen atoms in total. The van der Waals surface area contributed by atoms with Crippen LogP contribution in [0.15, 0.2) is 24.3 Å². The molecule has 0 bridgehead atoms. The van der Waals surface area contributed by atoms with E-state index in [1.807, 2.05) is 11.8 Å². The molecule has 0 amide bonds. The highest BCUT2D eigenvalue weighted by Gasteiger charge is 2.41. The van der Waals surface area contributed by atoms with E-state index >= 15 is 0 Å². The Kier molecular flexibility index (Phi) is 3.16. The normalized spacial score (nSPS) is 27.4. The first-order valence-electron chi connectivity index (χ1n) is 6.62. The Morgan fingerprint density at radius 1 is 1.28 bits per heavy atom. The predicted molar refractivity (Wildman–Crippen MR) is 80.8 cm³/mol. The highest BCUT2D eigenvalue weighted by atomic mass is 32.2. The van der Waals surface area contributed by atoms with E-state index in [9.17, 15) is 0 Å². The fraction of sp³-hybridized carbons (Fsp3) is 0.571. The first-order valence-corrected chi connectivity index (χ1v) is 7.78. The van der Waals surface area contributed by atoms with E-state index in [1.165, 1.54) is 29.3 Å². The standard InChI is InChI=1S/C14H21N3S/c1-16-7-8-17(13-5-3-2-4-12(13)16)14(10-15)6-9-18-11-14/h2-5H,6-11,15H2,1H3. The topological polar surface area (TPSA) is 32.5 Å². The average molecular weight is 263 g/mol. The second kappa shape index (κ2) is 4.67. The van der Waals surface area contributed by atoms with Gasteiger partial charge in [-0.25, -0.2) is 0 Å². The number of rotatable bonds is 2. The van der Waals surface area contributed by atoms with Gasteiger partial charge in [0.25, 0.3) is 0 Å². The SMILES string of the molecule is CN1CCN(C2(CN)CCSC2)c2ccccc21. The molecule has 1 atom stereocenters. The van der Waals surface area contributed by atoms with Crippen molar-refractivity contribution < 1.29 is 0 Å². The summed E-state index contributed by atoms with van der Waals surface area (Å²) in [4.78, 5) is 4.92. The lowest BCUT2D eigenvalue weighted by molar-refractivity contribution is 0.435. The van der Waals surface area contributed by atoms with Crippen molar-refractivity contribution in [2.75, 3.05) is 48.0 Å². The van der Waals surface area contributed by atoms with Gasteiger partial charge in [-0.05, 0) is 24.3 Å². The van der Waals surface area contributed by atoms with Crippen molar-refractivity contribution in [1.29, 1.82) is 0 Å². The maximum atomic E-state index is 6.12. The Morgan fingerprint density at radius 3 is 2.72 bits per heavy atom. The van der Waals surface area contributed by atoms with Gasteiger partial charge in [0.1, 0.15) is 0 Å². The maximum Gasteiger partial charge on any atom is 0.0623 e. The third-order valence-electron chi connectivity index (χ3n) is 4.28. The van der Waals surface area contributed by atoms with Crippen LogP contribution in [-0.4, -0.2) is 43.7 Å². The summed E-state index contributed by atoms with van der Waals surface area (Å²) in [6.45, 7) is 2.94. The highest BCUT2D eigenvalue weighted by Crippen LogP contribution is 2.41. The van der Waals surface area contributed by atoms with Crippen LogP contribution in [0.5, 0.6) is 0 Å². The molecule has 3 rings (SSSR count). The molecule has 18 heavy (non-hydrogen) atoms. The van der Waals surface area contributed by atoms with Crippen LogP contribution in [0.4, 0.5) is 11.4 Å². The number of benzene rings is 1. The van der Waals surface area contributed by atoms with E-state index < -0.39 is 0 Å². The molecule has 1 fully saturated rings. The van der Waals surface area contributed by atoms with Crippen LogP contribution in [0.25, 0.3) is 0 Å². The summed E-state index contributed by atoms with van der Waals surface area (Å²) >= 11 is 2.04. The van der Waals surface area contributed by atoms with Crippen LogP contribution >= 0.6 is 11.8 Å². The minimum absolute atomic E-state index is 0.183. The van der Waals surface area contributed by atoms with E-state index in [0.29, 0.717) is 0 Å². The molecular formula is C14H21N3S. The van der Waals surface area contributed by atoms with Crippen molar-refractivity contribution in [1.82, 2.24) is 0 Å². The van der Waals surface area contributed by atoms with Gasteiger partial charge in [-0.2, -0.15) is 11.8 Å². The number of likely N-dealkylation sites (N-methyl/N-ethyl adjacent to an activating group) is 1. The summed E-state index contributed by atoms with van der Waals surface area (Å²) in [5, 5.41) is 0. The Morgan fingerprint density at radius 2 is 2.06 bits per heavy atom. The van der Waals surface area contributed by atoms with Crippen LogP contribution in [0.3, 0.4) is 0 Å². The summed E-state index contributed by atoms with van der Waals surface area (Å²) in [5.41, 5.74) is 9.01. The molecule has 0 aromatic heterocycles. The Balaban J connectivity index is 2.01. The smallest absolute Gasteiger partial charge is 0.0623 e. The van der Waals surface area contributed by atoms with Crippen LogP contribution in [0.1, 0.15) is 6.42 Å². The average Bonchev–Trinajstić information content (AvgIpc) is 2.89. The molecular weight excluding hydrogens is 242 g/mol. The van der Waals surface area contributed by atoms with Gasteiger partial charge in [0, 0.05) is 32.4 Å². The lowest BCUT2D eigenvalue weighted by atomic mass is 9.94. The van der Waals surface area contributed by atoms with Gasteiger partial charge in [-0.3, -0.25) is 0 Å². The molecule has 0 aliphatic carbocycles. The van der Waals surface area contributed by atoms with Crippen molar-refractivity contribution in [3.63, 3.8) is 0 Å². The molecule has 2 aliphatic rings. The van der Waals surface area contributed by atoms with Gasteiger partial charge < -0.3 is 15.5 Å². The van der Waals surface area contributed by atoms with Crippen LogP contribution in [0, 0.1) is 0 Å². The molecule has 4 heteroatoms. The lowest BCUT2D eigenvalue weighted by Gasteiger charge is -2.47. The molecule has 2 aliphatic heterocycles. The number of para-hydroxylation sites is 2. The number of hydrogen-bond donors (Lipinski definition) is 1. The van der Waals surface area contributed by atoms with Crippen LogP contribution in [-0.2, 0) is 0 Å². The first kappa shape index (κ1) is 12.2. The second-order valence-corrected chi connectivity index (χ2v) is 6.40. The zero-order chi connectivity index (χ0) is 12.6. The quantitative estimate of drug-likeness (QED) is 0.881. The zero-order valence-electron chi connectivity index (χ0n) is 10.9. The number of nitrogens with zero attached hydrogens (tertiary/aromatic N) is 2. The molecule has 1 aromatic carbocycles. The van der Waals surface area contributed by atoms with E-state index in [-0.39, 0.29) is 5.54 Å². The molecule has 98 valence electrons. The summed E-state index contributed by atoms with van der Waals surface area (Å²) in [7, 11) is 2.18. The molecule has 0 saturated carbocycles. The third-order valence-corrected chi connectivity index (χ3v) is 5.51. The second-order valence-electron chi connectivity index (χ2n) is 5.29. The van der Waals surface area contributed by atoms with Crippen molar-refractivity contribution in [2.24, 2.45) is 5.73 Å². The fourth-order valence-corrected chi connectivity index (χ4v) is 4.55. The van der Waals surface area contributed by atoms with Crippen molar-refractivity contribution in [2.45, 2.75) is 12.0 Å². The molecule has 0 radical (unpaired) electrons. The number of hydrogen-bond acceptors (Lipinski definition) is 4. The Bertz CT molecular complexity index is 429. The third kappa shape index (κ3) is 1.79. The van der Waals surface area contributed by atoms with E-state index in [4.69, 9.17) is 5.73 Å². The first-order chi connectivity index (χ1) is 8.77. The van der Waals surface area contributed by atoms with Gasteiger partial charge in [0.2, 0.25) is 0 Å². The zero-order valence-corrected chi connectivity index (χ0v) is 11.7. The van der Waals surface area contributed by atoms with E-state index in [1.54, 1.807) is 0 Å². The largest absolute Gasteiger partial charge is 0.371 e.